The summed E-state index contributed by atoms with van der Waals surface area (Å²) in [6, 6.07) is 11.8. The number of aryl methyl sites for hydroxylation is 2. The molecular formula is C21H26O2. The van der Waals surface area contributed by atoms with Crippen molar-refractivity contribution < 1.29 is 9.53 Å². The number of rotatable bonds is 5. The van der Waals surface area contributed by atoms with Crippen LogP contribution in [0.5, 0.6) is 5.75 Å². The Morgan fingerprint density at radius 2 is 1.70 bits per heavy atom. The minimum Gasteiger partial charge on any atom is -0.489 e. The molecule has 0 aliphatic rings. The molecule has 0 bridgehead atoms. The number of hydrogen-bond acceptors (Lipinski definition) is 2. The summed E-state index contributed by atoms with van der Waals surface area (Å²) < 4.78 is 5.82. The molecule has 0 unspecified atom stereocenters. The van der Waals surface area contributed by atoms with Crippen molar-refractivity contribution >= 4 is 11.9 Å². The van der Waals surface area contributed by atoms with E-state index in [1.165, 1.54) is 5.56 Å². The number of aldehydes is 1. The minimum atomic E-state index is 0.476. The number of allylic oxidation sites excluding steroid dienone is 1. The first-order valence-corrected chi connectivity index (χ1v) is 7.94. The standard InChI is InChI=1S/C19H20O2.C2H6/c1-13(2)18-7-14(3)6-17(9-18)12-21-19-8-15(4)5-16(10-19)11-20;1-2/h5-11H,1,12H2,2-4H3;1-2H3. The van der Waals surface area contributed by atoms with Crippen molar-refractivity contribution in [2.75, 3.05) is 0 Å². The second kappa shape index (κ2) is 8.94. The van der Waals surface area contributed by atoms with Gasteiger partial charge in [0.05, 0.1) is 0 Å². The molecule has 122 valence electrons. The number of ether oxygens (including phenoxy) is 1. The van der Waals surface area contributed by atoms with E-state index in [1.54, 1.807) is 6.07 Å². The molecule has 23 heavy (non-hydrogen) atoms. The van der Waals surface area contributed by atoms with Gasteiger partial charge in [-0.3, -0.25) is 4.79 Å². The third-order valence-electron chi connectivity index (χ3n) is 3.24. The van der Waals surface area contributed by atoms with Crippen LogP contribution in [0.3, 0.4) is 0 Å². The molecule has 2 nitrogen and oxygen atoms in total. The zero-order valence-corrected chi connectivity index (χ0v) is 14.8. The van der Waals surface area contributed by atoms with Gasteiger partial charge in [0.1, 0.15) is 18.6 Å². The van der Waals surface area contributed by atoms with Gasteiger partial charge < -0.3 is 4.74 Å². The van der Waals surface area contributed by atoms with Crippen LogP contribution >= 0.6 is 0 Å². The fourth-order valence-electron chi connectivity index (χ4n) is 2.29. The highest BCUT2D eigenvalue weighted by atomic mass is 16.5. The fraction of sp³-hybridized carbons (Fsp3) is 0.286. The Labute approximate surface area is 139 Å². The first-order chi connectivity index (χ1) is 11.0. The number of carbonyl (C=O) groups is 1. The van der Waals surface area contributed by atoms with Gasteiger partial charge in [-0.1, -0.05) is 43.7 Å². The van der Waals surface area contributed by atoms with Crippen LogP contribution in [0.1, 0.15) is 53.4 Å². The molecule has 2 aromatic rings. The Hall–Kier alpha value is -2.35. The molecule has 0 spiro atoms. The van der Waals surface area contributed by atoms with Gasteiger partial charge in [0.25, 0.3) is 0 Å². The van der Waals surface area contributed by atoms with Crippen molar-refractivity contribution in [3.8, 4) is 5.75 Å². The second-order valence-corrected chi connectivity index (χ2v) is 5.47. The Morgan fingerprint density at radius 3 is 2.30 bits per heavy atom. The van der Waals surface area contributed by atoms with E-state index in [2.05, 4.69) is 31.7 Å². The quantitative estimate of drug-likeness (QED) is 0.657. The van der Waals surface area contributed by atoms with Gasteiger partial charge in [-0.15, -0.1) is 0 Å². The van der Waals surface area contributed by atoms with Crippen LogP contribution in [-0.2, 0) is 6.61 Å². The first kappa shape index (κ1) is 18.7. The molecule has 0 amide bonds. The van der Waals surface area contributed by atoms with Crippen LogP contribution < -0.4 is 4.74 Å². The van der Waals surface area contributed by atoms with Crippen molar-refractivity contribution in [3.63, 3.8) is 0 Å². The van der Waals surface area contributed by atoms with E-state index >= 15 is 0 Å². The maximum Gasteiger partial charge on any atom is 0.150 e. The maximum atomic E-state index is 10.9. The average molecular weight is 310 g/mol. The van der Waals surface area contributed by atoms with Crippen LogP contribution in [-0.4, -0.2) is 6.29 Å². The van der Waals surface area contributed by atoms with E-state index in [-0.39, 0.29) is 0 Å². The lowest BCUT2D eigenvalue weighted by Crippen LogP contribution is -1.98. The lowest BCUT2D eigenvalue weighted by atomic mass is 10.0. The van der Waals surface area contributed by atoms with Gasteiger partial charge in [-0.05, 0) is 61.7 Å². The predicted octanol–water partition coefficient (Wildman–Crippen LogP) is 5.75. The van der Waals surface area contributed by atoms with Crippen molar-refractivity contribution in [2.24, 2.45) is 0 Å². The van der Waals surface area contributed by atoms with Crippen LogP contribution in [0, 0.1) is 13.8 Å². The fourth-order valence-corrected chi connectivity index (χ4v) is 2.29. The lowest BCUT2D eigenvalue weighted by molar-refractivity contribution is 0.112. The Balaban J connectivity index is 0.00000127. The Bertz CT molecular complexity index is 684. The monoisotopic (exact) mass is 310 g/mol. The SMILES string of the molecule is C=C(C)c1cc(C)cc(COc2cc(C)cc(C=O)c2)c1.CC. The highest BCUT2D eigenvalue weighted by Gasteiger charge is 2.03. The van der Waals surface area contributed by atoms with Crippen molar-refractivity contribution in [1.29, 1.82) is 0 Å². The summed E-state index contributed by atoms with van der Waals surface area (Å²) >= 11 is 0. The van der Waals surface area contributed by atoms with Crippen LogP contribution in [0.25, 0.3) is 5.57 Å². The van der Waals surface area contributed by atoms with Gasteiger partial charge in [0, 0.05) is 5.56 Å². The number of benzene rings is 2. The predicted molar refractivity (Wildman–Crippen MR) is 98.1 cm³/mol. The molecule has 0 aliphatic heterocycles. The van der Waals surface area contributed by atoms with Crippen LogP contribution in [0.15, 0.2) is 43.0 Å². The normalized spacial score (nSPS) is 9.61. The average Bonchev–Trinajstić information content (AvgIpc) is 2.53. The molecule has 0 saturated heterocycles. The molecule has 2 aromatic carbocycles. The van der Waals surface area contributed by atoms with Crippen molar-refractivity contribution in [1.82, 2.24) is 0 Å². The maximum absolute atomic E-state index is 10.9. The van der Waals surface area contributed by atoms with E-state index < -0.39 is 0 Å². The smallest absolute Gasteiger partial charge is 0.150 e. The molecule has 0 heterocycles. The lowest BCUT2D eigenvalue weighted by Gasteiger charge is -2.10. The highest BCUT2D eigenvalue weighted by Crippen LogP contribution is 2.20. The topological polar surface area (TPSA) is 26.3 Å². The van der Waals surface area contributed by atoms with E-state index in [9.17, 15) is 4.79 Å². The van der Waals surface area contributed by atoms with Crippen LogP contribution in [0.2, 0.25) is 0 Å². The van der Waals surface area contributed by atoms with Crippen molar-refractivity contribution in [2.45, 2.75) is 41.2 Å². The molecule has 0 N–H and O–H groups in total. The molecule has 0 fully saturated rings. The second-order valence-electron chi connectivity index (χ2n) is 5.47. The van der Waals surface area contributed by atoms with Gasteiger partial charge >= 0.3 is 0 Å². The van der Waals surface area contributed by atoms with Gasteiger partial charge in [0.15, 0.2) is 0 Å². The summed E-state index contributed by atoms with van der Waals surface area (Å²) in [7, 11) is 0. The van der Waals surface area contributed by atoms with Gasteiger partial charge in [0.2, 0.25) is 0 Å². The van der Waals surface area contributed by atoms with E-state index in [1.807, 2.05) is 39.8 Å². The molecular weight excluding hydrogens is 284 g/mol. The number of hydrogen-bond donors (Lipinski definition) is 0. The van der Waals surface area contributed by atoms with E-state index in [0.717, 1.165) is 34.3 Å². The highest BCUT2D eigenvalue weighted by molar-refractivity contribution is 5.76. The third kappa shape index (κ3) is 5.74. The van der Waals surface area contributed by atoms with Gasteiger partial charge in [-0.25, -0.2) is 0 Å². The zero-order valence-electron chi connectivity index (χ0n) is 14.8. The molecule has 0 saturated carbocycles. The molecule has 2 rings (SSSR count). The van der Waals surface area contributed by atoms with E-state index in [0.29, 0.717) is 12.2 Å². The summed E-state index contributed by atoms with van der Waals surface area (Å²) in [6.07, 6.45) is 0.839. The summed E-state index contributed by atoms with van der Waals surface area (Å²) in [5, 5.41) is 0. The number of carbonyl (C=O) groups excluding carboxylic acids is 1. The summed E-state index contributed by atoms with van der Waals surface area (Å²) in [6.45, 7) is 14.5. The van der Waals surface area contributed by atoms with E-state index in [4.69, 9.17) is 4.74 Å². The molecule has 0 atom stereocenters. The summed E-state index contributed by atoms with van der Waals surface area (Å²) in [5.74, 6) is 0.718. The molecule has 2 heteroatoms. The third-order valence-corrected chi connectivity index (χ3v) is 3.24. The largest absolute Gasteiger partial charge is 0.489 e. The molecule has 0 aromatic heterocycles. The summed E-state index contributed by atoms with van der Waals surface area (Å²) in [5.41, 5.74) is 6.11. The minimum absolute atomic E-state index is 0.476. The Morgan fingerprint density at radius 1 is 1.04 bits per heavy atom. The first-order valence-electron chi connectivity index (χ1n) is 7.94. The Kier molecular flexibility index (Phi) is 7.27. The van der Waals surface area contributed by atoms with Gasteiger partial charge in [-0.2, -0.15) is 0 Å². The molecule has 0 radical (unpaired) electrons. The van der Waals surface area contributed by atoms with Crippen molar-refractivity contribution in [3.05, 3.63) is 70.8 Å². The molecule has 0 aliphatic carbocycles. The summed E-state index contributed by atoms with van der Waals surface area (Å²) in [4.78, 5) is 10.9. The van der Waals surface area contributed by atoms with Crippen LogP contribution in [0.4, 0.5) is 0 Å². The zero-order chi connectivity index (χ0) is 17.4.